The molecule has 2 atom stereocenters. The lowest BCUT2D eigenvalue weighted by molar-refractivity contribution is 0.649. The Kier molecular flexibility index (Phi) is 8.63. The molecule has 2 unspecified atom stereocenters. The Morgan fingerprint density at radius 2 is 1.00 bits per heavy atom. The number of furan rings is 1. The number of hydrogen-bond donors (Lipinski definition) is 0. The van der Waals surface area contributed by atoms with Gasteiger partial charge in [0.1, 0.15) is 11.2 Å². The number of hydrogen-bond acceptors (Lipinski definition) is 3. The SMILES string of the molecule is CC1c2ccccc2-c2cc(-c3cc(-c4cc(-c5cc6cc7ccccc7cc6c6ccccc56)c5oc6ccccc6c5c4)nc(-c4ccc5ccccc5c4)n3)ccc2C1c1ccccc1. The second kappa shape index (κ2) is 15.2. The van der Waals surface area contributed by atoms with Crippen molar-refractivity contribution in [3.63, 3.8) is 0 Å². The molecule has 0 spiro atoms. The zero-order valence-corrected chi connectivity index (χ0v) is 37.3. The summed E-state index contributed by atoms with van der Waals surface area (Å²) in [6, 6.07) is 81.5. The van der Waals surface area contributed by atoms with E-state index in [4.69, 9.17) is 14.4 Å². The van der Waals surface area contributed by atoms with Crippen molar-refractivity contribution in [1.29, 1.82) is 0 Å². The van der Waals surface area contributed by atoms with Gasteiger partial charge in [0.15, 0.2) is 5.82 Å². The number of benzene rings is 11. The average Bonchev–Trinajstić information content (AvgIpc) is 3.79. The van der Waals surface area contributed by atoms with Crippen LogP contribution in [-0.2, 0) is 0 Å². The van der Waals surface area contributed by atoms with Crippen LogP contribution >= 0.6 is 0 Å². The van der Waals surface area contributed by atoms with E-state index in [9.17, 15) is 0 Å². The molecule has 14 rings (SSSR count). The molecule has 1 aliphatic rings. The highest BCUT2D eigenvalue weighted by Crippen LogP contribution is 2.51. The molecular formula is C65H42N2O. The summed E-state index contributed by atoms with van der Waals surface area (Å²) >= 11 is 0. The summed E-state index contributed by atoms with van der Waals surface area (Å²) in [4.78, 5) is 11.0. The second-order valence-corrected chi connectivity index (χ2v) is 18.5. The largest absolute Gasteiger partial charge is 0.455 e. The van der Waals surface area contributed by atoms with E-state index in [-0.39, 0.29) is 5.92 Å². The number of fused-ring (bicyclic) bond motifs is 11. The fraction of sp³-hybridized carbons (Fsp3) is 0.0462. The Morgan fingerprint density at radius 1 is 0.353 bits per heavy atom. The van der Waals surface area contributed by atoms with Crippen molar-refractivity contribution in [2.75, 3.05) is 0 Å². The maximum absolute atomic E-state index is 6.88. The first-order valence-corrected chi connectivity index (χ1v) is 23.6. The van der Waals surface area contributed by atoms with E-state index in [2.05, 4.69) is 225 Å². The van der Waals surface area contributed by atoms with Crippen LogP contribution in [-0.4, -0.2) is 9.97 Å². The lowest BCUT2D eigenvalue weighted by atomic mass is 9.69. The Morgan fingerprint density at radius 3 is 1.84 bits per heavy atom. The van der Waals surface area contributed by atoms with E-state index in [0.29, 0.717) is 11.7 Å². The molecule has 13 aromatic rings. The normalized spacial score (nSPS) is 14.5. The van der Waals surface area contributed by atoms with E-state index < -0.39 is 0 Å². The molecule has 3 heteroatoms. The first-order valence-electron chi connectivity index (χ1n) is 23.6. The fourth-order valence-corrected chi connectivity index (χ4v) is 11.3. The van der Waals surface area contributed by atoms with E-state index in [1.54, 1.807) is 0 Å². The van der Waals surface area contributed by atoms with Crippen LogP contribution in [0.3, 0.4) is 0 Å². The molecule has 3 nitrogen and oxygen atoms in total. The number of aromatic nitrogens is 2. The Balaban J connectivity index is 1.03. The third-order valence-electron chi connectivity index (χ3n) is 14.6. The first-order chi connectivity index (χ1) is 33.6. The number of nitrogens with zero attached hydrogens (tertiary/aromatic N) is 2. The van der Waals surface area contributed by atoms with Gasteiger partial charge in [-0.05, 0) is 137 Å². The maximum atomic E-state index is 6.88. The summed E-state index contributed by atoms with van der Waals surface area (Å²) in [5.41, 5.74) is 15.2. The van der Waals surface area contributed by atoms with Crippen molar-refractivity contribution < 1.29 is 4.42 Å². The molecule has 0 bridgehead atoms. The van der Waals surface area contributed by atoms with Crippen LogP contribution in [0.2, 0.25) is 0 Å². The molecule has 68 heavy (non-hydrogen) atoms. The molecule has 2 aromatic heterocycles. The predicted molar refractivity (Wildman–Crippen MR) is 283 cm³/mol. The first kappa shape index (κ1) is 38.6. The standard InChI is InChI=1S/C65H42N2O/c1-39-49-21-9-10-22-50(49)56-34-45(29-30-54(56)63(39)41-16-3-2-4-17-41)60-38-61(67-65(66-60)46-28-27-40-15-5-6-18-42(40)31-46)48-36-58-53-25-13-14-26-62(53)68-64(58)59(37-48)57-35-47-32-43-19-7-8-20-44(43)33-55(47)51-23-11-12-24-52(51)57/h2-39,63H,1H3. The predicted octanol–water partition coefficient (Wildman–Crippen LogP) is 17.6. The van der Waals surface area contributed by atoms with Gasteiger partial charge in [-0.25, -0.2) is 9.97 Å². The molecule has 0 amide bonds. The summed E-state index contributed by atoms with van der Waals surface area (Å²) in [6.45, 7) is 2.37. The average molecular weight is 867 g/mol. The highest BCUT2D eigenvalue weighted by atomic mass is 16.3. The summed E-state index contributed by atoms with van der Waals surface area (Å²) in [5, 5.41) is 11.7. The molecule has 0 radical (unpaired) electrons. The molecule has 0 fully saturated rings. The third-order valence-corrected chi connectivity index (χ3v) is 14.6. The van der Waals surface area contributed by atoms with Crippen LogP contribution in [0.5, 0.6) is 0 Å². The van der Waals surface area contributed by atoms with Gasteiger partial charge in [0.25, 0.3) is 0 Å². The van der Waals surface area contributed by atoms with Crippen LogP contribution in [0, 0.1) is 0 Å². The second-order valence-electron chi connectivity index (χ2n) is 18.5. The van der Waals surface area contributed by atoms with Crippen molar-refractivity contribution in [3.05, 3.63) is 241 Å². The van der Waals surface area contributed by atoms with E-state index in [0.717, 1.165) is 66.5 Å². The molecule has 0 saturated carbocycles. The highest BCUT2D eigenvalue weighted by Gasteiger charge is 2.32. The Labute approximate surface area is 393 Å². The monoisotopic (exact) mass is 866 g/mol. The van der Waals surface area contributed by atoms with Crippen molar-refractivity contribution in [2.45, 2.75) is 18.8 Å². The molecule has 0 saturated heterocycles. The van der Waals surface area contributed by atoms with E-state index in [1.807, 2.05) is 6.07 Å². The van der Waals surface area contributed by atoms with E-state index >= 15 is 0 Å². The molecule has 1 aliphatic carbocycles. The van der Waals surface area contributed by atoms with Crippen molar-refractivity contribution >= 4 is 65.0 Å². The van der Waals surface area contributed by atoms with Crippen molar-refractivity contribution in [3.8, 4) is 56.2 Å². The molecule has 11 aromatic carbocycles. The molecule has 0 N–H and O–H groups in total. The lowest BCUT2D eigenvalue weighted by Gasteiger charge is -2.34. The zero-order chi connectivity index (χ0) is 44.9. The van der Waals surface area contributed by atoms with Crippen LogP contribution in [0.15, 0.2) is 229 Å². The fourth-order valence-electron chi connectivity index (χ4n) is 11.3. The maximum Gasteiger partial charge on any atom is 0.160 e. The summed E-state index contributed by atoms with van der Waals surface area (Å²) in [6.07, 6.45) is 0. The zero-order valence-electron chi connectivity index (χ0n) is 37.3. The lowest BCUT2D eigenvalue weighted by Crippen LogP contribution is -2.17. The Bertz CT molecular complexity index is 4180. The summed E-state index contributed by atoms with van der Waals surface area (Å²) < 4.78 is 6.88. The van der Waals surface area contributed by atoms with Gasteiger partial charge in [0.05, 0.1) is 11.4 Å². The molecule has 2 heterocycles. The smallest absolute Gasteiger partial charge is 0.160 e. The quantitative estimate of drug-likeness (QED) is 0.128. The van der Waals surface area contributed by atoms with Crippen LogP contribution in [0.25, 0.3) is 121 Å². The topological polar surface area (TPSA) is 38.9 Å². The third kappa shape index (κ3) is 6.13. The van der Waals surface area contributed by atoms with Gasteiger partial charge in [-0.3, -0.25) is 0 Å². The molecule has 318 valence electrons. The molecule has 0 aliphatic heterocycles. The van der Waals surface area contributed by atoms with Gasteiger partial charge in [0, 0.05) is 38.9 Å². The minimum absolute atomic E-state index is 0.226. The highest BCUT2D eigenvalue weighted by molar-refractivity contribution is 6.20. The van der Waals surface area contributed by atoms with Crippen LogP contribution in [0.4, 0.5) is 0 Å². The van der Waals surface area contributed by atoms with Crippen LogP contribution < -0.4 is 0 Å². The van der Waals surface area contributed by atoms with Gasteiger partial charge in [0.2, 0.25) is 0 Å². The van der Waals surface area contributed by atoms with Gasteiger partial charge in [-0.1, -0.05) is 177 Å². The van der Waals surface area contributed by atoms with E-state index in [1.165, 1.54) is 65.5 Å². The van der Waals surface area contributed by atoms with Gasteiger partial charge < -0.3 is 4.42 Å². The minimum Gasteiger partial charge on any atom is -0.455 e. The van der Waals surface area contributed by atoms with Gasteiger partial charge >= 0.3 is 0 Å². The number of rotatable bonds is 5. The minimum atomic E-state index is 0.226. The Hall–Kier alpha value is -8.66. The van der Waals surface area contributed by atoms with Gasteiger partial charge in [-0.2, -0.15) is 0 Å². The summed E-state index contributed by atoms with van der Waals surface area (Å²) in [5.74, 6) is 1.22. The van der Waals surface area contributed by atoms with Crippen LogP contribution in [0.1, 0.15) is 35.4 Å². The number of para-hydroxylation sites is 1. The molecular weight excluding hydrogens is 825 g/mol. The van der Waals surface area contributed by atoms with Gasteiger partial charge in [-0.15, -0.1) is 0 Å². The summed E-state index contributed by atoms with van der Waals surface area (Å²) in [7, 11) is 0. The van der Waals surface area contributed by atoms with Crippen molar-refractivity contribution in [2.24, 2.45) is 0 Å². The van der Waals surface area contributed by atoms with Crippen molar-refractivity contribution in [1.82, 2.24) is 9.97 Å².